The molecule has 0 radical (unpaired) electrons. The minimum absolute atomic E-state index is 0.0292. The molecule has 0 aliphatic heterocycles. The summed E-state index contributed by atoms with van der Waals surface area (Å²) in [5.41, 5.74) is -0.474. The quantitative estimate of drug-likeness (QED) is 0.449. The zero-order valence-electron chi connectivity index (χ0n) is 13.7. The molecular weight excluding hydrogens is 357 g/mol. The smallest absolute Gasteiger partial charge is 0.416 e. The van der Waals surface area contributed by atoms with Crippen molar-refractivity contribution >= 4 is 17.7 Å². The lowest BCUT2D eigenvalue weighted by Crippen LogP contribution is -2.10. The van der Waals surface area contributed by atoms with Gasteiger partial charge in [-0.3, -0.25) is 4.79 Å². The second-order valence-corrected chi connectivity index (χ2v) is 5.74. The third-order valence-electron chi connectivity index (χ3n) is 3.16. The first kappa shape index (κ1) is 19.0. The maximum absolute atomic E-state index is 12.8. The molecule has 0 saturated carbocycles. The van der Waals surface area contributed by atoms with Gasteiger partial charge in [0.05, 0.1) is 24.7 Å². The molecule has 25 heavy (non-hydrogen) atoms. The molecule has 2 aromatic rings. The highest BCUT2D eigenvalue weighted by Gasteiger charge is 2.30. The highest BCUT2D eigenvalue weighted by molar-refractivity contribution is 7.98. The number of methoxy groups -OCH3 is 1. The minimum Gasteiger partial charge on any atom is -0.469 e. The Morgan fingerprint density at radius 1 is 1.28 bits per heavy atom. The number of benzene rings is 1. The number of aryl methyl sites for hydroxylation is 1. The number of aromatic nitrogens is 2. The first-order valence-electron chi connectivity index (χ1n) is 7.08. The van der Waals surface area contributed by atoms with Gasteiger partial charge in [0, 0.05) is 0 Å². The van der Waals surface area contributed by atoms with E-state index in [2.05, 4.69) is 14.7 Å². The molecule has 0 aliphatic rings. The van der Waals surface area contributed by atoms with Gasteiger partial charge in [0.2, 0.25) is 5.88 Å². The molecule has 9 heteroatoms. The molecule has 0 atom stereocenters. The van der Waals surface area contributed by atoms with E-state index in [9.17, 15) is 18.0 Å². The number of hydrogen-bond donors (Lipinski definition) is 0. The van der Waals surface area contributed by atoms with E-state index in [1.807, 2.05) is 0 Å². The molecule has 5 nitrogen and oxygen atoms in total. The van der Waals surface area contributed by atoms with Crippen molar-refractivity contribution in [2.45, 2.75) is 24.5 Å². The lowest BCUT2D eigenvalue weighted by Gasteiger charge is -2.14. The summed E-state index contributed by atoms with van der Waals surface area (Å²) in [5, 5.41) is 0.500. The van der Waals surface area contributed by atoms with Crippen LogP contribution in [0.4, 0.5) is 13.2 Å². The molecule has 0 spiro atoms. The molecular formula is C16H15F3N2O3S. The molecule has 1 heterocycles. The number of carbonyl (C=O) groups is 1. The van der Waals surface area contributed by atoms with Crippen LogP contribution in [0.1, 0.15) is 17.0 Å². The maximum atomic E-state index is 12.8. The largest absolute Gasteiger partial charge is 0.469 e. The Kier molecular flexibility index (Phi) is 5.89. The highest BCUT2D eigenvalue weighted by Crippen LogP contribution is 2.34. The maximum Gasteiger partial charge on any atom is 0.416 e. The monoisotopic (exact) mass is 372 g/mol. The van der Waals surface area contributed by atoms with Crippen LogP contribution in [0.2, 0.25) is 0 Å². The van der Waals surface area contributed by atoms with Crippen LogP contribution >= 0.6 is 11.8 Å². The Hall–Kier alpha value is -2.29. The van der Waals surface area contributed by atoms with Crippen LogP contribution in [-0.2, 0) is 22.1 Å². The Bertz CT molecular complexity index is 782. The number of hydrogen-bond acceptors (Lipinski definition) is 6. The van der Waals surface area contributed by atoms with Crippen LogP contribution in [0.25, 0.3) is 0 Å². The van der Waals surface area contributed by atoms with E-state index in [0.29, 0.717) is 16.4 Å². The van der Waals surface area contributed by atoms with Crippen LogP contribution in [0.3, 0.4) is 0 Å². The van der Waals surface area contributed by atoms with Crippen molar-refractivity contribution < 1.29 is 27.4 Å². The Labute approximate surface area is 146 Å². The Morgan fingerprint density at radius 2 is 2.00 bits per heavy atom. The number of ether oxygens (including phenoxy) is 2. The molecule has 134 valence electrons. The highest BCUT2D eigenvalue weighted by atomic mass is 32.2. The minimum atomic E-state index is -4.49. The SMILES string of the molecule is COC(=O)Cc1c(Oc2cccc(C(F)(F)F)c2)nc(C)nc1SC. The lowest BCUT2D eigenvalue weighted by atomic mass is 10.2. The van der Waals surface area contributed by atoms with E-state index in [1.165, 1.54) is 31.0 Å². The third-order valence-corrected chi connectivity index (χ3v) is 3.89. The van der Waals surface area contributed by atoms with Crippen LogP contribution in [0.15, 0.2) is 29.3 Å². The van der Waals surface area contributed by atoms with Crippen molar-refractivity contribution in [1.82, 2.24) is 9.97 Å². The number of rotatable bonds is 5. The van der Waals surface area contributed by atoms with E-state index < -0.39 is 17.7 Å². The van der Waals surface area contributed by atoms with E-state index in [-0.39, 0.29) is 18.1 Å². The van der Waals surface area contributed by atoms with E-state index in [4.69, 9.17) is 4.74 Å². The summed E-state index contributed by atoms with van der Waals surface area (Å²) < 4.78 is 48.7. The second kappa shape index (κ2) is 7.73. The number of nitrogens with zero attached hydrogens (tertiary/aromatic N) is 2. The van der Waals surface area contributed by atoms with Gasteiger partial charge in [0.15, 0.2) is 0 Å². The average molecular weight is 372 g/mol. The van der Waals surface area contributed by atoms with Gasteiger partial charge in [-0.2, -0.15) is 18.2 Å². The van der Waals surface area contributed by atoms with Crippen LogP contribution in [0.5, 0.6) is 11.6 Å². The van der Waals surface area contributed by atoms with Crippen molar-refractivity contribution in [3.05, 3.63) is 41.2 Å². The van der Waals surface area contributed by atoms with E-state index in [1.54, 1.807) is 13.2 Å². The van der Waals surface area contributed by atoms with Gasteiger partial charge in [-0.1, -0.05) is 6.07 Å². The topological polar surface area (TPSA) is 61.3 Å². The summed E-state index contributed by atoms with van der Waals surface area (Å²) in [6, 6.07) is 4.44. The molecule has 1 aromatic carbocycles. The number of carbonyl (C=O) groups excluding carboxylic acids is 1. The first-order chi connectivity index (χ1) is 11.7. The zero-order valence-corrected chi connectivity index (χ0v) is 14.5. The average Bonchev–Trinajstić information content (AvgIpc) is 2.56. The van der Waals surface area contributed by atoms with Crippen molar-refractivity contribution in [2.24, 2.45) is 0 Å². The van der Waals surface area contributed by atoms with Crippen LogP contribution in [-0.4, -0.2) is 29.3 Å². The fraction of sp³-hybridized carbons (Fsp3) is 0.312. The molecule has 1 aromatic heterocycles. The number of alkyl halides is 3. The van der Waals surface area contributed by atoms with Crippen LogP contribution in [0, 0.1) is 6.92 Å². The zero-order chi connectivity index (χ0) is 18.6. The molecule has 0 fully saturated rings. The molecule has 0 unspecified atom stereocenters. The Balaban J connectivity index is 2.44. The number of esters is 1. The summed E-state index contributed by atoms with van der Waals surface area (Å²) in [4.78, 5) is 20.0. The molecule has 0 amide bonds. The summed E-state index contributed by atoms with van der Waals surface area (Å²) in [6.45, 7) is 1.63. The van der Waals surface area contributed by atoms with Gasteiger partial charge in [0.25, 0.3) is 0 Å². The van der Waals surface area contributed by atoms with Gasteiger partial charge in [-0.25, -0.2) is 4.98 Å². The molecule has 0 bridgehead atoms. The molecule has 0 saturated heterocycles. The van der Waals surface area contributed by atoms with Gasteiger partial charge < -0.3 is 9.47 Å². The lowest BCUT2D eigenvalue weighted by molar-refractivity contribution is -0.140. The number of halogens is 3. The van der Waals surface area contributed by atoms with Crippen molar-refractivity contribution in [3.63, 3.8) is 0 Å². The molecule has 2 rings (SSSR count). The second-order valence-electron chi connectivity index (χ2n) is 4.94. The van der Waals surface area contributed by atoms with E-state index in [0.717, 1.165) is 12.1 Å². The number of thioether (sulfide) groups is 1. The standard InChI is InChI=1S/C16H15F3N2O3S/c1-9-20-14(12(8-13(22)23-2)15(21-9)25-3)24-11-6-4-5-10(7-11)16(17,18)19/h4-7H,8H2,1-3H3. The van der Waals surface area contributed by atoms with Gasteiger partial charge >= 0.3 is 12.1 Å². The fourth-order valence-corrected chi connectivity index (χ4v) is 2.64. The van der Waals surface area contributed by atoms with Gasteiger partial charge in [-0.15, -0.1) is 11.8 Å². The summed E-state index contributed by atoms with van der Waals surface area (Å²) in [5.74, 6) is -0.163. The van der Waals surface area contributed by atoms with Gasteiger partial charge in [0.1, 0.15) is 16.6 Å². The molecule has 0 N–H and O–H groups in total. The van der Waals surface area contributed by atoms with Gasteiger partial charge in [-0.05, 0) is 31.4 Å². The summed E-state index contributed by atoms with van der Waals surface area (Å²) in [6.07, 6.45) is -2.88. The fourth-order valence-electron chi connectivity index (χ4n) is 2.01. The summed E-state index contributed by atoms with van der Waals surface area (Å²) in [7, 11) is 1.24. The Morgan fingerprint density at radius 3 is 2.60 bits per heavy atom. The van der Waals surface area contributed by atoms with Crippen LogP contribution < -0.4 is 4.74 Å². The van der Waals surface area contributed by atoms with Crippen molar-refractivity contribution in [3.8, 4) is 11.6 Å². The van der Waals surface area contributed by atoms with Crippen molar-refractivity contribution in [1.29, 1.82) is 0 Å². The molecule has 0 aliphatic carbocycles. The predicted octanol–water partition coefficient (Wildman–Crippen LogP) is 4.03. The first-order valence-corrected chi connectivity index (χ1v) is 8.30. The van der Waals surface area contributed by atoms with E-state index >= 15 is 0 Å². The third kappa shape index (κ3) is 4.85. The predicted molar refractivity (Wildman–Crippen MR) is 85.8 cm³/mol. The normalized spacial score (nSPS) is 11.3. The summed E-state index contributed by atoms with van der Waals surface area (Å²) >= 11 is 1.28. The van der Waals surface area contributed by atoms with Crippen molar-refractivity contribution in [2.75, 3.05) is 13.4 Å².